The molecule has 0 aromatic carbocycles. The van der Waals surface area contributed by atoms with E-state index in [0.717, 1.165) is 29.3 Å². The molecule has 0 spiro atoms. The molecule has 2 heterocycles. The lowest BCUT2D eigenvalue weighted by Gasteiger charge is -2.03. The summed E-state index contributed by atoms with van der Waals surface area (Å²) in [5.74, 6) is 0. The van der Waals surface area contributed by atoms with Crippen LogP contribution in [-0.2, 0) is 4.74 Å². The van der Waals surface area contributed by atoms with Gasteiger partial charge in [-0.25, -0.2) is 4.98 Å². The Hall–Kier alpha value is -0.450. The molecule has 2 unspecified atom stereocenters. The summed E-state index contributed by atoms with van der Waals surface area (Å²) in [5.41, 5.74) is 5.76. The number of ether oxygens (including phenoxy) is 1. The van der Waals surface area contributed by atoms with Gasteiger partial charge >= 0.3 is 0 Å². The van der Waals surface area contributed by atoms with Gasteiger partial charge in [-0.15, -0.1) is 11.3 Å². The number of hydrogen-bond acceptors (Lipinski definition) is 4. The molecule has 0 saturated carbocycles. The average Bonchev–Trinajstić information content (AvgIpc) is 2.75. The summed E-state index contributed by atoms with van der Waals surface area (Å²) >= 11 is 1.68. The van der Waals surface area contributed by atoms with Crippen LogP contribution in [0.25, 0.3) is 0 Å². The van der Waals surface area contributed by atoms with Crippen LogP contribution >= 0.6 is 11.3 Å². The fourth-order valence-electron chi connectivity index (χ4n) is 1.43. The van der Waals surface area contributed by atoms with Gasteiger partial charge in [0.2, 0.25) is 0 Å². The maximum atomic E-state index is 5.76. The van der Waals surface area contributed by atoms with Gasteiger partial charge < -0.3 is 10.5 Å². The molecule has 1 aliphatic heterocycles. The Morgan fingerprint density at radius 3 is 3.15 bits per heavy atom. The van der Waals surface area contributed by atoms with Crippen molar-refractivity contribution in [2.75, 3.05) is 6.61 Å². The van der Waals surface area contributed by atoms with Gasteiger partial charge in [-0.3, -0.25) is 0 Å². The predicted octanol–water partition coefficient (Wildman–Crippen LogP) is 2.01. The Morgan fingerprint density at radius 1 is 1.77 bits per heavy atom. The molecule has 2 atom stereocenters. The topological polar surface area (TPSA) is 48.1 Å². The minimum Gasteiger partial charge on any atom is -0.371 e. The maximum absolute atomic E-state index is 5.76. The van der Waals surface area contributed by atoms with Crippen LogP contribution in [0.15, 0.2) is 6.20 Å². The maximum Gasteiger partial charge on any atom is 0.122 e. The van der Waals surface area contributed by atoms with Crippen LogP contribution in [0.1, 0.15) is 41.8 Å². The molecule has 0 radical (unpaired) electrons. The molecule has 13 heavy (non-hydrogen) atoms. The first-order chi connectivity index (χ1) is 6.27. The second-order valence-corrected chi connectivity index (χ2v) is 4.49. The Labute approximate surface area is 81.9 Å². The van der Waals surface area contributed by atoms with E-state index < -0.39 is 0 Å². The molecule has 2 rings (SSSR count). The van der Waals surface area contributed by atoms with Crippen LogP contribution in [0, 0.1) is 0 Å². The molecule has 2 N–H and O–H groups in total. The summed E-state index contributed by atoms with van der Waals surface area (Å²) in [4.78, 5) is 5.48. The van der Waals surface area contributed by atoms with Gasteiger partial charge in [0, 0.05) is 23.7 Å². The van der Waals surface area contributed by atoms with Crippen molar-refractivity contribution in [3.63, 3.8) is 0 Å². The SMILES string of the molecule is CC(N)c1cnc(C2CCCO2)s1. The lowest BCUT2D eigenvalue weighted by molar-refractivity contribution is 0.111. The largest absolute Gasteiger partial charge is 0.371 e. The summed E-state index contributed by atoms with van der Waals surface area (Å²) in [6.07, 6.45) is 4.35. The van der Waals surface area contributed by atoms with Gasteiger partial charge in [0.1, 0.15) is 11.1 Å². The Balaban J connectivity index is 2.12. The number of rotatable bonds is 2. The van der Waals surface area contributed by atoms with Gasteiger partial charge in [-0.05, 0) is 19.8 Å². The second kappa shape index (κ2) is 3.74. The van der Waals surface area contributed by atoms with Crippen LogP contribution in [0.2, 0.25) is 0 Å². The van der Waals surface area contributed by atoms with Gasteiger partial charge in [-0.2, -0.15) is 0 Å². The zero-order valence-electron chi connectivity index (χ0n) is 7.69. The van der Waals surface area contributed by atoms with Crippen molar-refractivity contribution >= 4 is 11.3 Å². The minimum atomic E-state index is 0.0904. The highest BCUT2D eigenvalue weighted by molar-refractivity contribution is 7.11. The Kier molecular flexibility index (Phi) is 2.62. The molecular formula is C9H14N2OS. The van der Waals surface area contributed by atoms with Gasteiger partial charge in [0.05, 0.1) is 0 Å². The first-order valence-corrected chi connectivity index (χ1v) is 5.42. The Morgan fingerprint density at radius 2 is 2.62 bits per heavy atom. The fourth-order valence-corrected chi connectivity index (χ4v) is 2.39. The first-order valence-electron chi connectivity index (χ1n) is 4.60. The molecule has 3 nitrogen and oxygen atoms in total. The molecule has 0 aliphatic carbocycles. The molecule has 1 aromatic heterocycles. The van der Waals surface area contributed by atoms with Crippen LogP contribution in [0.4, 0.5) is 0 Å². The molecule has 1 aliphatic rings. The minimum absolute atomic E-state index is 0.0904. The van der Waals surface area contributed by atoms with Crippen molar-refractivity contribution in [3.8, 4) is 0 Å². The average molecular weight is 198 g/mol. The molecule has 1 saturated heterocycles. The summed E-state index contributed by atoms with van der Waals surface area (Å²) in [6.45, 7) is 2.85. The molecule has 72 valence electrons. The van der Waals surface area contributed by atoms with Crippen molar-refractivity contribution in [1.29, 1.82) is 0 Å². The first kappa shape index (κ1) is 9.12. The van der Waals surface area contributed by atoms with Crippen molar-refractivity contribution < 1.29 is 4.74 Å². The normalized spacial score (nSPS) is 24.9. The van der Waals surface area contributed by atoms with Crippen molar-refractivity contribution in [1.82, 2.24) is 4.98 Å². The second-order valence-electron chi connectivity index (χ2n) is 3.39. The number of aromatic nitrogens is 1. The zero-order chi connectivity index (χ0) is 9.26. The zero-order valence-corrected chi connectivity index (χ0v) is 8.51. The van der Waals surface area contributed by atoms with E-state index >= 15 is 0 Å². The molecule has 1 fully saturated rings. The van der Waals surface area contributed by atoms with Crippen LogP contribution in [-0.4, -0.2) is 11.6 Å². The molecule has 0 amide bonds. The fraction of sp³-hybridized carbons (Fsp3) is 0.667. The van der Waals surface area contributed by atoms with Crippen molar-refractivity contribution in [3.05, 3.63) is 16.1 Å². The summed E-state index contributed by atoms with van der Waals surface area (Å²) in [7, 11) is 0. The highest BCUT2D eigenvalue weighted by Crippen LogP contribution is 2.32. The summed E-state index contributed by atoms with van der Waals surface area (Å²) in [5, 5.41) is 1.09. The number of nitrogens with zero attached hydrogens (tertiary/aromatic N) is 1. The van der Waals surface area contributed by atoms with E-state index in [-0.39, 0.29) is 12.1 Å². The van der Waals surface area contributed by atoms with E-state index in [2.05, 4.69) is 4.98 Å². The third-order valence-corrected chi connectivity index (χ3v) is 3.49. The van der Waals surface area contributed by atoms with E-state index in [4.69, 9.17) is 10.5 Å². The summed E-state index contributed by atoms with van der Waals surface area (Å²) in [6, 6.07) is 0.0904. The van der Waals surface area contributed by atoms with Crippen LogP contribution in [0.5, 0.6) is 0 Å². The van der Waals surface area contributed by atoms with E-state index in [9.17, 15) is 0 Å². The van der Waals surface area contributed by atoms with E-state index in [0.29, 0.717) is 0 Å². The molecule has 0 bridgehead atoms. The highest BCUT2D eigenvalue weighted by Gasteiger charge is 2.21. The quantitative estimate of drug-likeness (QED) is 0.790. The van der Waals surface area contributed by atoms with E-state index in [1.165, 1.54) is 0 Å². The summed E-state index contributed by atoms with van der Waals surface area (Å²) < 4.78 is 5.54. The third-order valence-electron chi connectivity index (χ3n) is 2.20. The lowest BCUT2D eigenvalue weighted by Crippen LogP contribution is -2.01. The predicted molar refractivity (Wildman–Crippen MR) is 52.6 cm³/mol. The van der Waals surface area contributed by atoms with Crippen molar-refractivity contribution in [2.24, 2.45) is 5.73 Å². The smallest absolute Gasteiger partial charge is 0.122 e. The van der Waals surface area contributed by atoms with Crippen LogP contribution < -0.4 is 5.73 Å². The van der Waals surface area contributed by atoms with Gasteiger partial charge in [-0.1, -0.05) is 0 Å². The standard InChI is InChI=1S/C9H14N2OS/c1-6(10)8-5-11-9(13-8)7-3-2-4-12-7/h5-7H,2-4,10H2,1H3. The Bertz CT molecular complexity index is 279. The van der Waals surface area contributed by atoms with Gasteiger partial charge in [0.15, 0.2) is 0 Å². The molecule has 1 aromatic rings. The number of thiazole rings is 1. The van der Waals surface area contributed by atoms with E-state index in [1.807, 2.05) is 13.1 Å². The van der Waals surface area contributed by atoms with Gasteiger partial charge in [0.25, 0.3) is 0 Å². The number of nitrogens with two attached hydrogens (primary N) is 1. The van der Waals surface area contributed by atoms with Crippen molar-refractivity contribution in [2.45, 2.75) is 31.9 Å². The number of hydrogen-bond donors (Lipinski definition) is 1. The lowest BCUT2D eigenvalue weighted by atomic mass is 10.2. The monoisotopic (exact) mass is 198 g/mol. The van der Waals surface area contributed by atoms with E-state index in [1.54, 1.807) is 11.3 Å². The molecular weight excluding hydrogens is 184 g/mol. The highest BCUT2D eigenvalue weighted by atomic mass is 32.1. The molecule has 4 heteroatoms. The third kappa shape index (κ3) is 1.90. The van der Waals surface area contributed by atoms with Crippen LogP contribution in [0.3, 0.4) is 0 Å².